The number of carboxylic acids is 1. The highest BCUT2D eigenvalue weighted by atomic mass is 19.1. The van der Waals surface area contributed by atoms with Crippen molar-refractivity contribution >= 4 is 28.7 Å². The number of benzene rings is 2. The van der Waals surface area contributed by atoms with Gasteiger partial charge in [0.25, 0.3) is 0 Å². The number of amides is 1. The normalized spacial score (nSPS) is 20.6. The van der Waals surface area contributed by atoms with E-state index in [2.05, 4.69) is 5.32 Å². The summed E-state index contributed by atoms with van der Waals surface area (Å²) in [6.07, 6.45) is 1.01. The van der Waals surface area contributed by atoms with Gasteiger partial charge in [-0.05, 0) is 51.5 Å². The standard InChI is InChI=1S/C28H28F3N3O6/c1-27(2,3)40-26(38)32-13-28-14-33(11-15(28)6-7-39-28)23-10-22-17(9-20(23)31)24(35)18(25(36)37)12-34(22)21-5-4-16(29)8-19(21)30/h4-5,8-10,12,15H,6-7,11,13-14H2,1-3H3,(H,32,38)(H,36,37). The van der Waals surface area contributed by atoms with Crippen LogP contribution in [0.3, 0.4) is 0 Å². The third-order valence-corrected chi connectivity index (χ3v) is 7.24. The number of rotatable bonds is 5. The molecule has 2 fully saturated rings. The van der Waals surface area contributed by atoms with Gasteiger partial charge < -0.3 is 29.4 Å². The first-order chi connectivity index (χ1) is 18.8. The van der Waals surface area contributed by atoms with E-state index in [-0.39, 0.29) is 41.3 Å². The molecule has 1 amide bonds. The van der Waals surface area contributed by atoms with Crippen molar-refractivity contribution in [2.75, 3.05) is 31.1 Å². The summed E-state index contributed by atoms with van der Waals surface area (Å²) in [7, 11) is 0. The molecule has 0 radical (unpaired) electrons. The summed E-state index contributed by atoms with van der Waals surface area (Å²) in [5.74, 6) is -4.25. The van der Waals surface area contributed by atoms with Gasteiger partial charge in [-0.1, -0.05) is 0 Å². The topological polar surface area (TPSA) is 110 Å². The maximum Gasteiger partial charge on any atom is 0.407 e. The minimum atomic E-state index is -1.57. The van der Waals surface area contributed by atoms with Crippen LogP contribution in [-0.2, 0) is 9.47 Å². The summed E-state index contributed by atoms with van der Waals surface area (Å²) >= 11 is 0. The number of nitrogens with zero attached hydrogens (tertiary/aromatic N) is 2. The van der Waals surface area contributed by atoms with E-state index in [1.54, 1.807) is 25.7 Å². The van der Waals surface area contributed by atoms with Crippen molar-refractivity contribution in [2.24, 2.45) is 5.92 Å². The Labute approximate surface area is 227 Å². The van der Waals surface area contributed by atoms with Gasteiger partial charge in [0.2, 0.25) is 5.43 Å². The summed E-state index contributed by atoms with van der Waals surface area (Å²) < 4.78 is 56.5. The van der Waals surface area contributed by atoms with Crippen LogP contribution in [0.25, 0.3) is 16.6 Å². The lowest BCUT2D eigenvalue weighted by atomic mass is 9.91. The fourth-order valence-electron chi connectivity index (χ4n) is 5.45. The van der Waals surface area contributed by atoms with Gasteiger partial charge in [-0.2, -0.15) is 0 Å². The van der Waals surface area contributed by atoms with Crippen LogP contribution in [0.2, 0.25) is 0 Å². The van der Waals surface area contributed by atoms with E-state index < -0.39 is 51.7 Å². The van der Waals surface area contributed by atoms with Gasteiger partial charge >= 0.3 is 12.1 Å². The predicted molar refractivity (Wildman–Crippen MR) is 140 cm³/mol. The molecule has 3 heterocycles. The first-order valence-corrected chi connectivity index (χ1v) is 12.7. The first kappa shape index (κ1) is 27.5. The Hall–Kier alpha value is -4.06. The number of carboxylic acid groups (broad SMARTS) is 1. The molecule has 2 aliphatic heterocycles. The molecule has 2 atom stereocenters. The molecular formula is C28H28F3N3O6. The Kier molecular flexibility index (Phi) is 6.77. The van der Waals surface area contributed by atoms with Gasteiger partial charge in [0.15, 0.2) is 0 Å². The number of nitrogens with one attached hydrogen (secondary N) is 1. The van der Waals surface area contributed by atoms with Crippen LogP contribution in [0.1, 0.15) is 37.6 Å². The van der Waals surface area contributed by atoms with E-state index in [1.807, 2.05) is 0 Å². The van der Waals surface area contributed by atoms with E-state index in [0.29, 0.717) is 25.6 Å². The zero-order valence-corrected chi connectivity index (χ0v) is 22.1. The number of anilines is 1. The molecule has 2 aromatic carbocycles. The predicted octanol–water partition coefficient (Wildman–Crippen LogP) is 4.23. The maximum absolute atomic E-state index is 15.6. The Morgan fingerprint density at radius 3 is 2.55 bits per heavy atom. The zero-order valence-electron chi connectivity index (χ0n) is 22.1. The molecule has 3 aromatic rings. The fraction of sp³-hybridized carbons (Fsp3) is 0.393. The van der Waals surface area contributed by atoms with E-state index in [0.717, 1.165) is 29.0 Å². The van der Waals surface area contributed by atoms with Gasteiger partial charge in [0.05, 0.1) is 23.4 Å². The van der Waals surface area contributed by atoms with Gasteiger partial charge in [-0.25, -0.2) is 22.8 Å². The summed E-state index contributed by atoms with van der Waals surface area (Å²) in [5, 5.41) is 12.0. The Morgan fingerprint density at radius 2 is 1.88 bits per heavy atom. The Bertz CT molecular complexity index is 1580. The van der Waals surface area contributed by atoms with Crippen LogP contribution in [0, 0.1) is 23.4 Å². The quantitative estimate of drug-likeness (QED) is 0.482. The van der Waals surface area contributed by atoms with Gasteiger partial charge in [0, 0.05) is 43.3 Å². The largest absolute Gasteiger partial charge is 0.477 e. The smallest absolute Gasteiger partial charge is 0.407 e. The molecule has 0 saturated carbocycles. The lowest BCUT2D eigenvalue weighted by Crippen LogP contribution is -2.49. The molecule has 5 rings (SSSR count). The summed E-state index contributed by atoms with van der Waals surface area (Å²) in [6, 6.07) is 5.00. The molecule has 0 spiro atoms. The molecule has 212 valence electrons. The molecular weight excluding hydrogens is 531 g/mol. The molecule has 2 saturated heterocycles. The second kappa shape index (κ2) is 9.84. The molecule has 40 heavy (non-hydrogen) atoms. The molecule has 1 aromatic heterocycles. The van der Waals surface area contributed by atoms with Crippen molar-refractivity contribution in [1.29, 1.82) is 0 Å². The highest BCUT2D eigenvalue weighted by Crippen LogP contribution is 2.42. The molecule has 0 bridgehead atoms. The molecule has 12 heteroatoms. The van der Waals surface area contributed by atoms with Crippen LogP contribution < -0.4 is 15.6 Å². The number of carbonyl (C=O) groups is 2. The van der Waals surface area contributed by atoms with Crippen molar-refractivity contribution in [1.82, 2.24) is 9.88 Å². The number of aromatic carboxylic acids is 1. The number of hydrogen-bond acceptors (Lipinski definition) is 6. The Balaban J connectivity index is 1.55. The molecule has 0 aliphatic carbocycles. The SMILES string of the molecule is CC(C)(C)OC(=O)NCC12CN(c3cc4c(cc3F)c(=O)c(C(=O)O)cn4-c3ccc(F)cc3F)CC1CCO2. The summed E-state index contributed by atoms with van der Waals surface area (Å²) in [5.41, 5.74) is -3.23. The average Bonchev–Trinajstić information content (AvgIpc) is 3.40. The zero-order chi connectivity index (χ0) is 29.0. The number of aromatic nitrogens is 1. The van der Waals surface area contributed by atoms with Crippen molar-refractivity contribution in [3.05, 3.63) is 69.8 Å². The summed E-state index contributed by atoms with van der Waals surface area (Å²) in [6.45, 7) is 6.42. The van der Waals surface area contributed by atoms with E-state index in [1.165, 1.54) is 6.07 Å². The number of pyridine rings is 1. The number of ether oxygens (including phenoxy) is 2. The number of carbonyl (C=O) groups excluding carboxylic acids is 1. The van der Waals surface area contributed by atoms with E-state index in [4.69, 9.17) is 9.47 Å². The third kappa shape index (κ3) is 4.99. The van der Waals surface area contributed by atoms with Crippen LogP contribution in [0.15, 0.2) is 41.3 Å². The van der Waals surface area contributed by atoms with Crippen molar-refractivity contribution < 1.29 is 37.3 Å². The van der Waals surface area contributed by atoms with Crippen molar-refractivity contribution in [3.8, 4) is 5.69 Å². The van der Waals surface area contributed by atoms with Crippen molar-refractivity contribution in [3.63, 3.8) is 0 Å². The highest BCUT2D eigenvalue weighted by Gasteiger charge is 2.51. The third-order valence-electron chi connectivity index (χ3n) is 7.24. The molecule has 9 nitrogen and oxygen atoms in total. The first-order valence-electron chi connectivity index (χ1n) is 12.7. The Morgan fingerprint density at radius 1 is 1.15 bits per heavy atom. The average molecular weight is 560 g/mol. The lowest BCUT2D eigenvalue weighted by Gasteiger charge is -2.29. The van der Waals surface area contributed by atoms with Gasteiger partial charge in [-0.15, -0.1) is 0 Å². The van der Waals surface area contributed by atoms with Crippen LogP contribution in [-0.4, -0.2) is 59.2 Å². The number of hydrogen-bond donors (Lipinski definition) is 2. The molecule has 2 aliphatic rings. The highest BCUT2D eigenvalue weighted by molar-refractivity contribution is 5.94. The van der Waals surface area contributed by atoms with E-state index >= 15 is 4.39 Å². The minimum absolute atomic E-state index is 0.0378. The van der Waals surface area contributed by atoms with Crippen LogP contribution in [0.4, 0.5) is 23.7 Å². The fourth-order valence-corrected chi connectivity index (χ4v) is 5.45. The van der Waals surface area contributed by atoms with E-state index in [9.17, 15) is 28.3 Å². The monoisotopic (exact) mass is 559 g/mol. The molecule has 2 unspecified atom stereocenters. The van der Waals surface area contributed by atoms with Gasteiger partial charge in [-0.3, -0.25) is 4.79 Å². The lowest BCUT2D eigenvalue weighted by molar-refractivity contribution is -0.000269. The molecule has 2 N–H and O–H groups in total. The second-order valence-electron chi connectivity index (χ2n) is 11.1. The van der Waals surface area contributed by atoms with Crippen LogP contribution >= 0.6 is 0 Å². The number of halogens is 3. The maximum atomic E-state index is 15.6. The van der Waals surface area contributed by atoms with Gasteiger partial charge in [0.1, 0.15) is 34.2 Å². The number of fused-ring (bicyclic) bond motifs is 2. The van der Waals surface area contributed by atoms with Crippen molar-refractivity contribution in [2.45, 2.75) is 38.4 Å². The summed E-state index contributed by atoms with van der Waals surface area (Å²) in [4.78, 5) is 38.7. The number of alkyl carbamates (subject to hydrolysis) is 1. The minimum Gasteiger partial charge on any atom is -0.477 e. The van der Waals surface area contributed by atoms with Crippen LogP contribution in [0.5, 0.6) is 0 Å². The second-order valence-corrected chi connectivity index (χ2v) is 11.1.